The first kappa shape index (κ1) is 13.3. The largest absolute Gasteiger partial charge is 0.334 e. The zero-order valence-corrected chi connectivity index (χ0v) is 12.7. The Bertz CT molecular complexity index is 742. The van der Waals surface area contributed by atoms with Gasteiger partial charge in [0.05, 0.1) is 0 Å². The van der Waals surface area contributed by atoms with Crippen molar-refractivity contribution >= 4 is 27.5 Å². The van der Waals surface area contributed by atoms with Crippen LogP contribution in [0.25, 0.3) is 11.5 Å². The van der Waals surface area contributed by atoms with E-state index < -0.39 is 0 Å². The Morgan fingerprint density at radius 2 is 1.95 bits per heavy atom. The molecular weight excluding hydrogens is 340 g/mol. The zero-order valence-electron chi connectivity index (χ0n) is 10.4. The zero-order chi connectivity index (χ0) is 13.9. The molecule has 0 fully saturated rings. The lowest BCUT2D eigenvalue weighted by atomic mass is 10.1. The highest BCUT2D eigenvalue weighted by atomic mass is 79.9. The van der Waals surface area contributed by atoms with Gasteiger partial charge in [0.1, 0.15) is 0 Å². The van der Waals surface area contributed by atoms with Gasteiger partial charge in [0.2, 0.25) is 0 Å². The van der Waals surface area contributed by atoms with Crippen LogP contribution in [0.5, 0.6) is 0 Å². The van der Waals surface area contributed by atoms with Gasteiger partial charge in [-0.1, -0.05) is 57.0 Å². The van der Waals surface area contributed by atoms with E-state index in [2.05, 4.69) is 26.1 Å². The summed E-state index contributed by atoms with van der Waals surface area (Å²) in [5.74, 6) is 1.13. The number of hydrogen-bond donors (Lipinski definition) is 0. The lowest BCUT2D eigenvalue weighted by Crippen LogP contribution is -1.91. The Kier molecular flexibility index (Phi) is 3.85. The summed E-state index contributed by atoms with van der Waals surface area (Å²) in [6.07, 6.45) is 0.553. The molecule has 3 rings (SSSR count). The van der Waals surface area contributed by atoms with Crippen LogP contribution in [-0.4, -0.2) is 10.1 Å². The number of halogens is 2. The molecule has 0 aliphatic heterocycles. The van der Waals surface area contributed by atoms with E-state index in [1.807, 2.05) is 48.5 Å². The van der Waals surface area contributed by atoms with Gasteiger partial charge >= 0.3 is 0 Å². The Balaban J connectivity index is 1.86. The van der Waals surface area contributed by atoms with Gasteiger partial charge in [-0.05, 0) is 29.8 Å². The molecule has 0 N–H and O–H groups in total. The minimum atomic E-state index is 0.508. The molecule has 0 saturated heterocycles. The number of benzene rings is 2. The molecule has 2 aromatic carbocycles. The third kappa shape index (κ3) is 2.92. The molecule has 1 heterocycles. The fraction of sp³-hybridized carbons (Fsp3) is 0.0667. The molecule has 0 atom stereocenters. The van der Waals surface area contributed by atoms with Gasteiger partial charge in [0.25, 0.3) is 5.89 Å². The lowest BCUT2D eigenvalue weighted by molar-refractivity contribution is 0.424. The van der Waals surface area contributed by atoms with E-state index in [0.717, 1.165) is 15.6 Å². The normalized spacial score (nSPS) is 10.7. The molecule has 1 aromatic heterocycles. The molecular formula is C15H10BrClN2O. The molecule has 100 valence electrons. The van der Waals surface area contributed by atoms with E-state index >= 15 is 0 Å². The second-order valence-electron chi connectivity index (χ2n) is 4.29. The van der Waals surface area contributed by atoms with E-state index in [1.54, 1.807) is 0 Å². The fourth-order valence-corrected chi connectivity index (χ4v) is 2.48. The first-order valence-corrected chi connectivity index (χ1v) is 7.21. The minimum Gasteiger partial charge on any atom is -0.334 e. The van der Waals surface area contributed by atoms with E-state index in [0.29, 0.717) is 23.2 Å². The number of rotatable bonds is 3. The molecule has 0 saturated carbocycles. The van der Waals surface area contributed by atoms with Crippen molar-refractivity contribution in [2.75, 3.05) is 0 Å². The average Bonchev–Trinajstić information content (AvgIpc) is 2.90. The molecule has 3 aromatic rings. The van der Waals surface area contributed by atoms with Crippen molar-refractivity contribution in [1.82, 2.24) is 10.1 Å². The van der Waals surface area contributed by atoms with Crippen molar-refractivity contribution in [2.45, 2.75) is 6.42 Å². The van der Waals surface area contributed by atoms with E-state index in [4.69, 9.17) is 16.1 Å². The monoisotopic (exact) mass is 348 g/mol. The van der Waals surface area contributed by atoms with Crippen molar-refractivity contribution in [3.63, 3.8) is 0 Å². The summed E-state index contributed by atoms with van der Waals surface area (Å²) in [6, 6.07) is 15.4. The maximum absolute atomic E-state index is 6.13. The SMILES string of the molecule is Clc1ccccc1Cc1noc(-c2cccc(Br)c2)n1. The molecule has 0 radical (unpaired) electrons. The molecule has 0 bridgehead atoms. The molecule has 3 nitrogen and oxygen atoms in total. The van der Waals surface area contributed by atoms with Crippen LogP contribution in [0.1, 0.15) is 11.4 Å². The highest BCUT2D eigenvalue weighted by Gasteiger charge is 2.10. The van der Waals surface area contributed by atoms with Crippen LogP contribution in [0.4, 0.5) is 0 Å². The maximum atomic E-state index is 6.13. The topological polar surface area (TPSA) is 38.9 Å². The van der Waals surface area contributed by atoms with Crippen molar-refractivity contribution < 1.29 is 4.52 Å². The van der Waals surface area contributed by atoms with Crippen LogP contribution in [0.2, 0.25) is 5.02 Å². The predicted molar refractivity (Wildman–Crippen MR) is 81.7 cm³/mol. The Labute approximate surface area is 129 Å². The summed E-state index contributed by atoms with van der Waals surface area (Å²) < 4.78 is 6.27. The van der Waals surface area contributed by atoms with Crippen LogP contribution in [0.15, 0.2) is 57.5 Å². The quantitative estimate of drug-likeness (QED) is 0.685. The minimum absolute atomic E-state index is 0.508. The van der Waals surface area contributed by atoms with Gasteiger partial charge in [-0.3, -0.25) is 0 Å². The van der Waals surface area contributed by atoms with Crippen molar-refractivity contribution in [3.8, 4) is 11.5 Å². The highest BCUT2D eigenvalue weighted by Crippen LogP contribution is 2.23. The molecule has 20 heavy (non-hydrogen) atoms. The summed E-state index contributed by atoms with van der Waals surface area (Å²) in [5, 5.41) is 4.71. The lowest BCUT2D eigenvalue weighted by Gasteiger charge is -1.99. The first-order chi connectivity index (χ1) is 9.72. The highest BCUT2D eigenvalue weighted by molar-refractivity contribution is 9.10. The van der Waals surface area contributed by atoms with Crippen LogP contribution in [-0.2, 0) is 6.42 Å². The van der Waals surface area contributed by atoms with Crippen molar-refractivity contribution in [3.05, 3.63) is 69.4 Å². The predicted octanol–water partition coefficient (Wildman–Crippen LogP) is 4.74. The first-order valence-electron chi connectivity index (χ1n) is 6.04. The molecule has 0 amide bonds. The summed E-state index contributed by atoms with van der Waals surface area (Å²) in [5.41, 5.74) is 1.87. The number of nitrogens with zero attached hydrogens (tertiary/aromatic N) is 2. The third-order valence-corrected chi connectivity index (χ3v) is 3.71. The van der Waals surface area contributed by atoms with Crippen LogP contribution in [0, 0.1) is 0 Å². The van der Waals surface area contributed by atoms with Crippen molar-refractivity contribution in [1.29, 1.82) is 0 Å². The Morgan fingerprint density at radius 3 is 2.75 bits per heavy atom. The van der Waals surface area contributed by atoms with Gasteiger partial charge in [0, 0.05) is 21.5 Å². The van der Waals surface area contributed by atoms with Crippen molar-refractivity contribution in [2.24, 2.45) is 0 Å². The average molecular weight is 350 g/mol. The van der Waals surface area contributed by atoms with E-state index in [9.17, 15) is 0 Å². The second kappa shape index (κ2) is 5.77. The van der Waals surface area contributed by atoms with Gasteiger partial charge in [-0.25, -0.2) is 0 Å². The molecule has 0 aliphatic carbocycles. The summed E-state index contributed by atoms with van der Waals surface area (Å²) in [6.45, 7) is 0. The van der Waals surface area contributed by atoms with E-state index in [1.165, 1.54) is 0 Å². The Hall–Kier alpha value is -1.65. The summed E-state index contributed by atoms with van der Waals surface area (Å²) >= 11 is 9.55. The fourth-order valence-electron chi connectivity index (χ4n) is 1.88. The molecule has 0 unspecified atom stereocenters. The smallest absolute Gasteiger partial charge is 0.257 e. The van der Waals surface area contributed by atoms with Gasteiger partial charge < -0.3 is 4.52 Å². The second-order valence-corrected chi connectivity index (χ2v) is 5.62. The van der Waals surface area contributed by atoms with Gasteiger partial charge in [0.15, 0.2) is 5.82 Å². The molecule has 5 heteroatoms. The number of hydrogen-bond acceptors (Lipinski definition) is 3. The van der Waals surface area contributed by atoms with Crippen LogP contribution < -0.4 is 0 Å². The van der Waals surface area contributed by atoms with Gasteiger partial charge in [-0.15, -0.1) is 0 Å². The standard InChI is InChI=1S/C15H10BrClN2O/c16-12-6-3-5-11(8-12)15-18-14(19-20-15)9-10-4-1-2-7-13(10)17/h1-8H,9H2. The molecule has 0 spiro atoms. The van der Waals surface area contributed by atoms with Crippen LogP contribution >= 0.6 is 27.5 Å². The van der Waals surface area contributed by atoms with Crippen LogP contribution in [0.3, 0.4) is 0 Å². The van der Waals surface area contributed by atoms with E-state index in [-0.39, 0.29) is 0 Å². The van der Waals surface area contributed by atoms with Gasteiger partial charge in [-0.2, -0.15) is 4.98 Å². The maximum Gasteiger partial charge on any atom is 0.257 e. The number of aromatic nitrogens is 2. The summed E-state index contributed by atoms with van der Waals surface area (Å²) in [4.78, 5) is 4.40. The Morgan fingerprint density at radius 1 is 1.10 bits per heavy atom. The molecule has 0 aliphatic rings. The summed E-state index contributed by atoms with van der Waals surface area (Å²) in [7, 11) is 0. The third-order valence-electron chi connectivity index (χ3n) is 2.85.